The van der Waals surface area contributed by atoms with E-state index in [1.54, 1.807) is 38.1 Å². The van der Waals surface area contributed by atoms with Gasteiger partial charge in [-0.1, -0.05) is 12.1 Å². The van der Waals surface area contributed by atoms with Crippen molar-refractivity contribution in [1.82, 2.24) is 0 Å². The number of benzene rings is 2. The Morgan fingerprint density at radius 1 is 1.00 bits per heavy atom. The quantitative estimate of drug-likeness (QED) is 0.632. The van der Waals surface area contributed by atoms with Gasteiger partial charge in [-0.25, -0.2) is 9.69 Å². The lowest BCUT2D eigenvalue weighted by molar-refractivity contribution is 0.0377. The highest BCUT2D eigenvalue weighted by atomic mass is 16.5. The monoisotopic (exact) mass is 339 g/mol. The molecule has 0 radical (unpaired) electrons. The summed E-state index contributed by atoms with van der Waals surface area (Å²) in [6.07, 6.45) is -0.275. The van der Waals surface area contributed by atoms with Crippen LogP contribution in [0.15, 0.2) is 42.5 Å². The molecule has 128 valence electrons. The molecule has 0 aliphatic carbocycles. The van der Waals surface area contributed by atoms with Crippen LogP contribution in [0.4, 0.5) is 5.69 Å². The molecule has 25 heavy (non-hydrogen) atoms. The molecule has 2 aromatic rings. The first-order valence-electron chi connectivity index (χ1n) is 7.81. The number of fused-ring (bicyclic) bond motifs is 1. The Balaban J connectivity index is 2.01. The summed E-state index contributed by atoms with van der Waals surface area (Å²) in [5, 5.41) is 0. The Morgan fingerprint density at radius 3 is 2.36 bits per heavy atom. The van der Waals surface area contributed by atoms with Gasteiger partial charge < -0.3 is 9.47 Å². The van der Waals surface area contributed by atoms with Crippen molar-refractivity contribution >= 4 is 23.5 Å². The first-order chi connectivity index (χ1) is 11.9. The van der Waals surface area contributed by atoms with E-state index in [0.717, 1.165) is 4.90 Å². The molecule has 0 saturated heterocycles. The lowest BCUT2D eigenvalue weighted by Crippen LogP contribution is -2.29. The molecule has 2 amide bonds. The van der Waals surface area contributed by atoms with Crippen LogP contribution in [-0.4, -0.2) is 31.0 Å². The van der Waals surface area contributed by atoms with Crippen LogP contribution in [0.3, 0.4) is 0 Å². The number of carbonyl (C=O) groups is 3. The summed E-state index contributed by atoms with van der Waals surface area (Å²) in [6.45, 7) is 3.48. The SMILES string of the molecule is COc1ccccc1N1C(=O)c2ccc(C(=O)OC(C)C)cc2C1=O. The summed E-state index contributed by atoms with van der Waals surface area (Å²) in [6, 6.07) is 11.1. The number of amides is 2. The number of hydrogen-bond acceptors (Lipinski definition) is 5. The molecule has 0 atom stereocenters. The van der Waals surface area contributed by atoms with E-state index in [0.29, 0.717) is 11.4 Å². The van der Waals surface area contributed by atoms with E-state index in [-0.39, 0.29) is 22.8 Å². The van der Waals surface area contributed by atoms with Crippen molar-refractivity contribution in [3.63, 3.8) is 0 Å². The van der Waals surface area contributed by atoms with Gasteiger partial charge in [0, 0.05) is 0 Å². The topological polar surface area (TPSA) is 72.9 Å². The molecular weight excluding hydrogens is 322 g/mol. The number of para-hydroxylation sites is 2. The fourth-order valence-electron chi connectivity index (χ4n) is 2.68. The zero-order valence-electron chi connectivity index (χ0n) is 14.1. The van der Waals surface area contributed by atoms with Crippen molar-refractivity contribution in [1.29, 1.82) is 0 Å². The molecule has 0 saturated carbocycles. The number of imide groups is 1. The first-order valence-corrected chi connectivity index (χ1v) is 7.81. The molecule has 1 heterocycles. The highest BCUT2D eigenvalue weighted by Gasteiger charge is 2.38. The Kier molecular flexibility index (Phi) is 4.27. The van der Waals surface area contributed by atoms with Crippen LogP contribution in [0.2, 0.25) is 0 Å². The fourth-order valence-corrected chi connectivity index (χ4v) is 2.68. The number of rotatable bonds is 4. The normalized spacial score (nSPS) is 13.2. The van der Waals surface area contributed by atoms with Crippen LogP contribution in [-0.2, 0) is 4.74 Å². The molecule has 1 aliphatic rings. The summed E-state index contributed by atoms with van der Waals surface area (Å²) in [5.41, 5.74) is 1.02. The Morgan fingerprint density at radius 2 is 1.68 bits per heavy atom. The maximum Gasteiger partial charge on any atom is 0.338 e. The molecule has 2 aromatic carbocycles. The predicted octanol–water partition coefficient (Wildman–Crippen LogP) is 3.06. The van der Waals surface area contributed by atoms with Gasteiger partial charge >= 0.3 is 5.97 Å². The smallest absolute Gasteiger partial charge is 0.338 e. The number of carbonyl (C=O) groups excluding carboxylic acids is 3. The minimum atomic E-state index is -0.534. The molecule has 0 fully saturated rings. The van der Waals surface area contributed by atoms with Crippen molar-refractivity contribution in [3.8, 4) is 5.75 Å². The average molecular weight is 339 g/mol. The maximum absolute atomic E-state index is 12.8. The van der Waals surface area contributed by atoms with E-state index < -0.39 is 17.8 Å². The number of methoxy groups -OCH3 is 1. The van der Waals surface area contributed by atoms with Gasteiger partial charge in [-0.15, -0.1) is 0 Å². The molecule has 0 N–H and O–H groups in total. The molecule has 6 nitrogen and oxygen atoms in total. The lowest BCUT2D eigenvalue weighted by Gasteiger charge is -2.16. The third kappa shape index (κ3) is 2.87. The fraction of sp³-hybridized carbons (Fsp3) is 0.211. The molecule has 0 unspecified atom stereocenters. The number of nitrogens with zero attached hydrogens (tertiary/aromatic N) is 1. The van der Waals surface area contributed by atoms with Crippen LogP contribution in [0.1, 0.15) is 44.9 Å². The van der Waals surface area contributed by atoms with Gasteiger partial charge in [0.2, 0.25) is 0 Å². The third-order valence-corrected chi connectivity index (χ3v) is 3.79. The molecule has 3 rings (SSSR count). The van der Waals surface area contributed by atoms with Gasteiger partial charge in [0.05, 0.1) is 35.6 Å². The van der Waals surface area contributed by atoms with Gasteiger partial charge in [0.25, 0.3) is 11.8 Å². The average Bonchev–Trinajstić information content (AvgIpc) is 2.84. The minimum absolute atomic E-state index is 0.175. The van der Waals surface area contributed by atoms with E-state index in [2.05, 4.69) is 0 Å². The molecule has 1 aliphatic heterocycles. The summed E-state index contributed by atoms with van der Waals surface area (Å²) < 4.78 is 10.4. The second-order valence-electron chi connectivity index (χ2n) is 5.83. The molecule has 0 bridgehead atoms. The van der Waals surface area contributed by atoms with Crippen molar-refractivity contribution < 1.29 is 23.9 Å². The van der Waals surface area contributed by atoms with E-state index in [4.69, 9.17) is 9.47 Å². The molecule has 6 heteroatoms. The third-order valence-electron chi connectivity index (χ3n) is 3.79. The highest BCUT2D eigenvalue weighted by Crippen LogP contribution is 2.34. The summed E-state index contributed by atoms with van der Waals surface area (Å²) in [4.78, 5) is 38.5. The zero-order valence-corrected chi connectivity index (χ0v) is 14.1. The van der Waals surface area contributed by atoms with Crippen molar-refractivity contribution in [2.24, 2.45) is 0 Å². The van der Waals surface area contributed by atoms with Crippen LogP contribution >= 0.6 is 0 Å². The Hall–Kier alpha value is -3.15. The Labute approximate surface area is 145 Å². The second-order valence-corrected chi connectivity index (χ2v) is 5.83. The van der Waals surface area contributed by atoms with E-state index in [1.165, 1.54) is 25.3 Å². The predicted molar refractivity (Wildman–Crippen MR) is 91.1 cm³/mol. The maximum atomic E-state index is 12.8. The summed E-state index contributed by atoms with van der Waals surface area (Å²) in [5.74, 6) is -1.07. The van der Waals surface area contributed by atoms with E-state index >= 15 is 0 Å². The van der Waals surface area contributed by atoms with Crippen LogP contribution in [0, 0.1) is 0 Å². The Bertz CT molecular complexity index is 872. The number of hydrogen-bond donors (Lipinski definition) is 0. The lowest BCUT2D eigenvalue weighted by atomic mass is 10.1. The molecular formula is C19H17NO5. The minimum Gasteiger partial charge on any atom is -0.495 e. The zero-order chi connectivity index (χ0) is 18.1. The van der Waals surface area contributed by atoms with Crippen molar-refractivity contribution in [2.75, 3.05) is 12.0 Å². The number of anilines is 1. The van der Waals surface area contributed by atoms with Crippen LogP contribution < -0.4 is 9.64 Å². The largest absolute Gasteiger partial charge is 0.495 e. The van der Waals surface area contributed by atoms with Crippen molar-refractivity contribution in [3.05, 3.63) is 59.2 Å². The number of esters is 1. The molecule has 0 spiro atoms. The summed E-state index contributed by atoms with van der Waals surface area (Å²) >= 11 is 0. The summed E-state index contributed by atoms with van der Waals surface area (Å²) in [7, 11) is 1.47. The second kappa shape index (κ2) is 6.39. The van der Waals surface area contributed by atoms with Gasteiger partial charge in [0.15, 0.2) is 0 Å². The molecule has 0 aromatic heterocycles. The van der Waals surface area contributed by atoms with Gasteiger partial charge in [-0.05, 0) is 44.2 Å². The van der Waals surface area contributed by atoms with Crippen molar-refractivity contribution in [2.45, 2.75) is 20.0 Å². The standard InChI is InChI=1S/C19H17NO5/c1-11(2)25-19(23)12-8-9-13-14(10-12)18(22)20(17(13)21)15-6-4-5-7-16(15)24-3/h4-11H,1-3H3. The highest BCUT2D eigenvalue weighted by molar-refractivity contribution is 6.35. The van der Waals surface area contributed by atoms with Gasteiger partial charge in [-0.2, -0.15) is 0 Å². The first kappa shape index (κ1) is 16.7. The number of ether oxygens (including phenoxy) is 2. The van der Waals surface area contributed by atoms with Gasteiger partial charge in [0.1, 0.15) is 5.75 Å². The van der Waals surface area contributed by atoms with E-state index in [1.807, 2.05) is 0 Å². The van der Waals surface area contributed by atoms with Crippen LogP contribution in [0.5, 0.6) is 5.75 Å². The van der Waals surface area contributed by atoms with Crippen LogP contribution in [0.25, 0.3) is 0 Å². The van der Waals surface area contributed by atoms with Gasteiger partial charge in [-0.3, -0.25) is 9.59 Å². The van der Waals surface area contributed by atoms with E-state index in [9.17, 15) is 14.4 Å².